The van der Waals surface area contributed by atoms with Gasteiger partial charge in [-0.2, -0.15) is 0 Å². The van der Waals surface area contributed by atoms with Crippen molar-refractivity contribution in [2.75, 3.05) is 12.4 Å². The maximum absolute atomic E-state index is 6.73. The van der Waals surface area contributed by atoms with E-state index < -0.39 is 10.3 Å². The molecule has 2 aliphatic heterocycles. The Labute approximate surface area is 164 Å². The predicted octanol–water partition coefficient (Wildman–Crippen LogP) is 5.70. The van der Waals surface area contributed by atoms with Crippen molar-refractivity contribution in [1.29, 1.82) is 0 Å². The van der Waals surface area contributed by atoms with Crippen LogP contribution in [0.3, 0.4) is 0 Å². The number of aliphatic imine (C=N–C) groups is 1. The minimum atomic E-state index is -0.522. The lowest BCUT2D eigenvalue weighted by Gasteiger charge is -2.52. The molecule has 1 saturated heterocycles. The zero-order valence-corrected chi connectivity index (χ0v) is 15.9. The highest BCUT2D eigenvalue weighted by Crippen LogP contribution is 2.60. The molecule has 0 aliphatic carbocycles. The second-order valence-corrected chi connectivity index (χ2v) is 8.25. The number of nitrogens with zero attached hydrogens (tertiary/aromatic N) is 1. The first-order chi connectivity index (χ1) is 13.4. The van der Waals surface area contributed by atoms with Crippen molar-refractivity contribution in [2.24, 2.45) is 4.99 Å². The Morgan fingerprint density at radius 2 is 1.41 bits per heavy atom. The molecule has 1 unspecified atom stereocenters. The minimum absolute atomic E-state index is 0.477. The smallest absolute Gasteiger partial charge is 0.160 e. The fourth-order valence-electron chi connectivity index (χ4n) is 4.34. The van der Waals surface area contributed by atoms with Crippen LogP contribution in [-0.2, 0) is 15.1 Å². The van der Waals surface area contributed by atoms with Crippen LogP contribution in [0.25, 0.3) is 0 Å². The summed E-state index contributed by atoms with van der Waals surface area (Å²) in [5.74, 6) is 1.07. The van der Waals surface area contributed by atoms with E-state index in [1.807, 2.05) is 11.8 Å². The van der Waals surface area contributed by atoms with E-state index in [9.17, 15) is 0 Å². The van der Waals surface area contributed by atoms with E-state index in [2.05, 4.69) is 91.1 Å². The van der Waals surface area contributed by atoms with Crippen molar-refractivity contribution < 1.29 is 4.74 Å². The highest BCUT2D eigenvalue weighted by molar-refractivity contribution is 8.00. The van der Waals surface area contributed by atoms with Crippen molar-refractivity contribution in [1.82, 2.24) is 0 Å². The minimum Gasteiger partial charge on any atom is -0.358 e. The molecule has 1 spiro atoms. The van der Waals surface area contributed by atoms with Gasteiger partial charge in [-0.1, -0.05) is 78.9 Å². The molecule has 3 aromatic carbocycles. The molecule has 3 heteroatoms. The van der Waals surface area contributed by atoms with Crippen LogP contribution in [0, 0.1) is 0 Å². The highest BCUT2D eigenvalue weighted by atomic mass is 32.2. The van der Waals surface area contributed by atoms with Crippen LogP contribution in [0.15, 0.2) is 89.9 Å². The molecule has 0 aromatic heterocycles. The molecular weight excluding hydrogens is 350 g/mol. The van der Waals surface area contributed by atoms with Gasteiger partial charge in [-0.3, -0.25) is 4.99 Å². The molecule has 3 aromatic rings. The normalized spacial score (nSPS) is 23.1. The third kappa shape index (κ3) is 2.42. The van der Waals surface area contributed by atoms with Crippen LogP contribution in [0.5, 0.6) is 0 Å². The van der Waals surface area contributed by atoms with E-state index in [0.717, 1.165) is 24.5 Å². The van der Waals surface area contributed by atoms with Crippen molar-refractivity contribution >= 4 is 23.7 Å². The highest BCUT2D eigenvalue weighted by Gasteiger charge is 2.58. The monoisotopic (exact) mass is 371 g/mol. The SMILES string of the molecule is C1=Nc2ccccc2C2(OCCCS2)C1(c1ccccc1)c1ccccc1. The summed E-state index contributed by atoms with van der Waals surface area (Å²) in [6.07, 6.45) is 3.20. The van der Waals surface area contributed by atoms with Crippen LogP contribution >= 0.6 is 11.8 Å². The third-order valence-corrected chi connectivity index (χ3v) is 7.09. The second kappa shape index (κ2) is 6.66. The Morgan fingerprint density at radius 1 is 0.778 bits per heavy atom. The van der Waals surface area contributed by atoms with E-state index in [0.29, 0.717) is 0 Å². The molecule has 0 radical (unpaired) electrons. The molecule has 0 bridgehead atoms. The molecule has 2 nitrogen and oxygen atoms in total. The van der Waals surface area contributed by atoms with Gasteiger partial charge < -0.3 is 4.74 Å². The fourth-order valence-corrected chi connectivity index (χ4v) is 5.90. The Balaban J connectivity index is 1.87. The van der Waals surface area contributed by atoms with Gasteiger partial charge in [0.05, 0.1) is 11.1 Å². The van der Waals surface area contributed by atoms with Crippen LogP contribution in [-0.4, -0.2) is 18.6 Å². The first kappa shape index (κ1) is 16.8. The first-order valence-electron chi connectivity index (χ1n) is 9.40. The summed E-state index contributed by atoms with van der Waals surface area (Å²) in [6, 6.07) is 29.8. The van der Waals surface area contributed by atoms with Gasteiger partial charge in [0.1, 0.15) is 0 Å². The Kier molecular flexibility index (Phi) is 4.14. The number of fused-ring (bicyclic) bond motifs is 2. The first-order valence-corrected chi connectivity index (χ1v) is 10.4. The van der Waals surface area contributed by atoms with Gasteiger partial charge in [0, 0.05) is 18.4 Å². The van der Waals surface area contributed by atoms with Gasteiger partial charge in [0.15, 0.2) is 4.93 Å². The van der Waals surface area contributed by atoms with E-state index in [4.69, 9.17) is 9.73 Å². The molecule has 2 aliphatic rings. The topological polar surface area (TPSA) is 21.6 Å². The standard InChI is InChI=1S/C24H21NOS/c1-3-10-19(11-4-1)23(20-12-5-2-6-13-20)18-25-22-15-8-7-14-21(22)24(23)26-16-9-17-27-24/h1-8,10-15,18H,9,16-17H2. The number of hydrogen-bond donors (Lipinski definition) is 0. The van der Waals surface area contributed by atoms with Gasteiger partial charge in [0.2, 0.25) is 0 Å². The van der Waals surface area contributed by atoms with Crippen LogP contribution in [0.2, 0.25) is 0 Å². The maximum Gasteiger partial charge on any atom is 0.160 e. The Bertz CT molecular complexity index is 922. The maximum atomic E-state index is 6.73. The van der Waals surface area contributed by atoms with Crippen molar-refractivity contribution in [3.63, 3.8) is 0 Å². The van der Waals surface area contributed by atoms with Crippen molar-refractivity contribution in [3.05, 3.63) is 102 Å². The molecule has 5 rings (SSSR count). The summed E-state index contributed by atoms with van der Waals surface area (Å²) in [4.78, 5) is 4.41. The Morgan fingerprint density at radius 3 is 2.04 bits per heavy atom. The van der Waals surface area contributed by atoms with Gasteiger partial charge >= 0.3 is 0 Å². The fraction of sp³-hybridized carbons (Fsp3) is 0.208. The number of hydrogen-bond acceptors (Lipinski definition) is 3. The lowest BCUT2D eigenvalue weighted by Crippen LogP contribution is -2.54. The molecule has 0 amide bonds. The zero-order chi connectivity index (χ0) is 18.2. The summed E-state index contributed by atoms with van der Waals surface area (Å²) in [7, 11) is 0. The molecule has 1 atom stereocenters. The molecule has 0 saturated carbocycles. The molecule has 134 valence electrons. The van der Waals surface area contributed by atoms with Crippen molar-refractivity contribution in [2.45, 2.75) is 16.8 Å². The molecule has 2 heterocycles. The average molecular weight is 372 g/mol. The number of thioether (sulfide) groups is 1. The summed E-state index contributed by atoms with van der Waals surface area (Å²) in [5, 5.41) is 0. The van der Waals surface area contributed by atoms with E-state index in [1.54, 1.807) is 0 Å². The van der Waals surface area contributed by atoms with E-state index in [1.165, 1.54) is 16.7 Å². The van der Waals surface area contributed by atoms with Gasteiger partial charge in [-0.05, 0) is 29.4 Å². The van der Waals surface area contributed by atoms with Crippen molar-refractivity contribution in [3.8, 4) is 0 Å². The van der Waals surface area contributed by atoms with Crippen LogP contribution in [0.4, 0.5) is 5.69 Å². The summed E-state index contributed by atoms with van der Waals surface area (Å²) in [5.41, 5.74) is 4.13. The average Bonchev–Trinajstić information content (AvgIpc) is 2.76. The van der Waals surface area contributed by atoms with Crippen LogP contribution in [0.1, 0.15) is 23.1 Å². The summed E-state index contributed by atoms with van der Waals surface area (Å²) in [6.45, 7) is 0.761. The van der Waals surface area contributed by atoms with Gasteiger partial charge in [-0.25, -0.2) is 0 Å². The molecule has 0 N–H and O–H groups in total. The largest absolute Gasteiger partial charge is 0.358 e. The zero-order valence-electron chi connectivity index (χ0n) is 15.0. The van der Waals surface area contributed by atoms with Crippen LogP contribution < -0.4 is 0 Å². The summed E-state index contributed by atoms with van der Waals surface area (Å²) < 4.78 is 6.73. The number of rotatable bonds is 2. The van der Waals surface area contributed by atoms with Gasteiger partial charge in [0.25, 0.3) is 0 Å². The number of para-hydroxylation sites is 1. The summed E-state index contributed by atoms with van der Waals surface area (Å²) >= 11 is 1.91. The lowest BCUT2D eigenvalue weighted by molar-refractivity contribution is -0.0104. The number of benzene rings is 3. The third-order valence-electron chi connectivity index (χ3n) is 5.53. The quantitative estimate of drug-likeness (QED) is 0.577. The molecular formula is C24H21NOS. The Hall–Kier alpha value is -2.36. The molecule has 1 fully saturated rings. The molecule has 27 heavy (non-hydrogen) atoms. The lowest BCUT2D eigenvalue weighted by atomic mass is 9.67. The van der Waals surface area contributed by atoms with E-state index in [-0.39, 0.29) is 0 Å². The predicted molar refractivity (Wildman–Crippen MR) is 113 cm³/mol. The van der Waals surface area contributed by atoms with E-state index >= 15 is 0 Å². The number of ether oxygens (including phenoxy) is 1. The van der Waals surface area contributed by atoms with Gasteiger partial charge in [-0.15, -0.1) is 11.8 Å². The second-order valence-electron chi connectivity index (χ2n) is 6.98.